The molecule has 2 N–H and O–H groups in total. The molecule has 100 valence electrons. The summed E-state index contributed by atoms with van der Waals surface area (Å²) < 4.78 is 5.18. The number of nitrogens with one attached hydrogen (secondary N) is 2. The largest absolute Gasteiger partial charge is 0.445 e. The Bertz CT molecular complexity index is 503. The Balaban J connectivity index is 1.51. The molecular weight excluding hydrogens is 244 g/mol. The minimum atomic E-state index is -0.443. The number of hydrogen-bond acceptors (Lipinski definition) is 3. The molecule has 2 atom stereocenters. The number of alkyl carbamates (subject to hydrolysis) is 1. The summed E-state index contributed by atoms with van der Waals surface area (Å²) in [6.45, 7) is 0.900. The lowest BCUT2D eigenvalue weighted by atomic mass is 10.1. The second-order valence-electron chi connectivity index (χ2n) is 5.22. The maximum Gasteiger partial charge on any atom is 0.407 e. The van der Waals surface area contributed by atoms with Crippen molar-refractivity contribution in [1.82, 2.24) is 10.6 Å². The van der Waals surface area contributed by atoms with E-state index in [1.54, 1.807) is 0 Å². The van der Waals surface area contributed by atoms with Crippen LogP contribution in [0.1, 0.15) is 18.4 Å². The smallest absolute Gasteiger partial charge is 0.407 e. The highest BCUT2D eigenvalue weighted by Crippen LogP contribution is 2.47. The summed E-state index contributed by atoms with van der Waals surface area (Å²) in [5.41, 5.74) is 0.597. The summed E-state index contributed by atoms with van der Waals surface area (Å²) in [4.78, 5) is 23.1. The Morgan fingerprint density at radius 1 is 1.42 bits per heavy atom. The molecule has 0 bridgehead atoms. The molecule has 5 nitrogen and oxygen atoms in total. The first kappa shape index (κ1) is 12.0. The highest BCUT2D eigenvalue weighted by Gasteiger charge is 2.58. The fourth-order valence-electron chi connectivity index (χ4n) is 2.61. The topological polar surface area (TPSA) is 67.4 Å². The van der Waals surface area contributed by atoms with Crippen LogP contribution in [-0.2, 0) is 16.1 Å². The minimum Gasteiger partial charge on any atom is -0.445 e. The molecule has 1 aromatic carbocycles. The number of carbonyl (C=O) groups excluding carboxylic acids is 2. The average Bonchev–Trinajstić information content (AvgIpc) is 3.10. The van der Waals surface area contributed by atoms with Gasteiger partial charge in [0.2, 0.25) is 5.91 Å². The van der Waals surface area contributed by atoms with Gasteiger partial charge in [-0.3, -0.25) is 4.79 Å². The van der Waals surface area contributed by atoms with Gasteiger partial charge in [0.05, 0.1) is 12.0 Å². The van der Waals surface area contributed by atoms with Gasteiger partial charge in [-0.2, -0.15) is 0 Å². The zero-order valence-electron chi connectivity index (χ0n) is 10.5. The van der Waals surface area contributed by atoms with E-state index < -0.39 is 6.09 Å². The molecule has 0 aromatic heterocycles. The molecule has 1 aromatic rings. The molecule has 1 aliphatic carbocycles. The van der Waals surface area contributed by atoms with Crippen LogP contribution in [-0.4, -0.2) is 24.1 Å². The van der Waals surface area contributed by atoms with Crippen molar-refractivity contribution in [2.45, 2.75) is 25.0 Å². The van der Waals surface area contributed by atoms with E-state index in [1.807, 2.05) is 30.3 Å². The van der Waals surface area contributed by atoms with Crippen molar-refractivity contribution in [3.8, 4) is 0 Å². The van der Waals surface area contributed by atoms with Crippen LogP contribution in [0.4, 0.5) is 4.79 Å². The molecule has 19 heavy (non-hydrogen) atoms. The predicted octanol–water partition coefficient (Wildman–Crippen LogP) is 1.19. The van der Waals surface area contributed by atoms with Crippen LogP contribution in [0.2, 0.25) is 0 Å². The van der Waals surface area contributed by atoms with Gasteiger partial charge in [0.1, 0.15) is 6.61 Å². The Hall–Kier alpha value is -2.04. The van der Waals surface area contributed by atoms with E-state index >= 15 is 0 Å². The fourth-order valence-corrected chi connectivity index (χ4v) is 2.61. The van der Waals surface area contributed by atoms with Gasteiger partial charge in [0, 0.05) is 12.5 Å². The van der Waals surface area contributed by atoms with Gasteiger partial charge in [-0.25, -0.2) is 4.79 Å². The van der Waals surface area contributed by atoms with Crippen molar-refractivity contribution in [3.05, 3.63) is 35.9 Å². The average molecular weight is 260 g/mol. The maximum absolute atomic E-state index is 11.8. The third-order valence-corrected chi connectivity index (χ3v) is 3.82. The molecule has 1 heterocycles. The lowest BCUT2D eigenvalue weighted by Gasteiger charge is -2.23. The quantitative estimate of drug-likeness (QED) is 0.858. The zero-order chi connectivity index (χ0) is 13.3. The van der Waals surface area contributed by atoms with E-state index in [9.17, 15) is 9.59 Å². The highest BCUT2D eigenvalue weighted by molar-refractivity contribution is 5.81. The molecule has 0 spiro atoms. The summed E-state index contributed by atoms with van der Waals surface area (Å²) in [5, 5.41) is 5.65. The van der Waals surface area contributed by atoms with E-state index in [0.29, 0.717) is 18.9 Å². The summed E-state index contributed by atoms with van der Waals surface area (Å²) in [6, 6.07) is 9.52. The van der Waals surface area contributed by atoms with Crippen LogP contribution in [0.15, 0.2) is 30.3 Å². The second-order valence-corrected chi connectivity index (χ2v) is 5.22. The molecule has 0 unspecified atom stereocenters. The Labute approximate surface area is 111 Å². The van der Waals surface area contributed by atoms with Gasteiger partial charge in [-0.15, -0.1) is 0 Å². The van der Waals surface area contributed by atoms with Crippen molar-refractivity contribution in [2.24, 2.45) is 5.92 Å². The number of hydrogen-bond donors (Lipinski definition) is 2. The molecular formula is C14H16N2O3. The number of amides is 2. The molecule has 2 fully saturated rings. The van der Waals surface area contributed by atoms with E-state index in [0.717, 1.165) is 12.0 Å². The lowest BCUT2D eigenvalue weighted by molar-refractivity contribution is -0.122. The molecule has 5 heteroatoms. The summed E-state index contributed by atoms with van der Waals surface area (Å²) in [6.07, 6.45) is 0.769. The van der Waals surface area contributed by atoms with Gasteiger partial charge in [-0.05, 0) is 12.0 Å². The number of fused-ring (bicyclic) bond motifs is 1. The Kier molecular flexibility index (Phi) is 2.89. The summed E-state index contributed by atoms with van der Waals surface area (Å²) >= 11 is 0. The maximum atomic E-state index is 11.8. The number of benzene rings is 1. The van der Waals surface area contributed by atoms with E-state index in [-0.39, 0.29) is 18.1 Å². The van der Waals surface area contributed by atoms with Gasteiger partial charge in [0.15, 0.2) is 0 Å². The second kappa shape index (κ2) is 4.57. The first-order chi connectivity index (χ1) is 9.18. The van der Waals surface area contributed by atoms with E-state index in [4.69, 9.17) is 4.74 Å². The van der Waals surface area contributed by atoms with Crippen LogP contribution in [0.25, 0.3) is 0 Å². The number of ether oxygens (including phenoxy) is 1. The van der Waals surface area contributed by atoms with Crippen molar-refractivity contribution in [2.75, 3.05) is 6.54 Å². The molecule has 1 aliphatic heterocycles. The lowest BCUT2D eigenvalue weighted by Crippen LogP contribution is -2.48. The van der Waals surface area contributed by atoms with Crippen LogP contribution >= 0.6 is 0 Å². The molecule has 3 rings (SSSR count). The van der Waals surface area contributed by atoms with Gasteiger partial charge < -0.3 is 15.4 Å². The normalized spacial score (nSPS) is 28.0. The number of carbonyl (C=O) groups is 2. The van der Waals surface area contributed by atoms with Crippen molar-refractivity contribution in [1.29, 1.82) is 0 Å². The van der Waals surface area contributed by atoms with Gasteiger partial charge in [-0.1, -0.05) is 30.3 Å². The zero-order valence-corrected chi connectivity index (χ0v) is 10.5. The monoisotopic (exact) mass is 260 g/mol. The Morgan fingerprint density at radius 2 is 2.21 bits per heavy atom. The fraction of sp³-hybridized carbons (Fsp3) is 0.429. The van der Waals surface area contributed by atoms with Crippen molar-refractivity contribution >= 4 is 12.0 Å². The molecule has 0 radical (unpaired) electrons. The van der Waals surface area contributed by atoms with Crippen LogP contribution < -0.4 is 10.6 Å². The standard InChI is InChI=1S/C14H16N2O3/c17-12-7-14(6-11(14)8-15-12)16-13(18)19-9-10-4-2-1-3-5-10/h1-5,11H,6-9H2,(H,15,17)(H,16,18)/t11-,14-/m0/s1. The number of piperidine rings is 1. The SMILES string of the molecule is O=C1C[C@@]2(NC(=O)OCc3ccccc3)C[C@H]2CN1. The van der Waals surface area contributed by atoms with Crippen molar-refractivity contribution < 1.29 is 14.3 Å². The third kappa shape index (κ3) is 2.54. The first-order valence-electron chi connectivity index (χ1n) is 6.43. The first-order valence-corrected chi connectivity index (χ1v) is 6.43. The molecule has 2 amide bonds. The van der Waals surface area contributed by atoms with Crippen molar-refractivity contribution in [3.63, 3.8) is 0 Å². The van der Waals surface area contributed by atoms with E-state index in [2.05, 4.69) is 10.6 Å². The summed E-state index contributed by atoms with van der Waals surface area (Å²) in [5.74, 6) is 0.353. The van der Waals surface area contributed by atoms with Gasteiger partial charge >= 0.3 is 6.09 Å². The minimum absolute atomic E-state index is 0.00268. The van der Waals surface area contributed by atoms with Gasteiger partial charge in [0.25, 0.3) is 0 Å². The predicted molar refractivity (Wildman–Crippen MR) is 68.2 cm³/mol. The third-order valence-electron chi connectivity index (χ3n) is 3.82. The van der Waals surface area contributed by atoms with Crippen LogP contribution in [0.5, 0.6) is 0 Å². The molecule has 2 aliphatic rings. The van der Waals surface area contributed by atoms with Crippen LogP contribution in [0.3, 0.4) is 0 Å². The molecule has 1 saturated carbocycles. The Morgan fingerprint density at radius 3 is 3.00 bits per heavy atom. The van der Waals surface area contributed by atoms with E-state index in [1.165, 1.54) is 0 Å². The van der Waals surface area contributed by atoms with Crippen LogP contribution in [0, 0.1) is 5.92 Å². The molecule has 1 saturated heterocycles. The number of rotatable bonds is 3. The summed E-state index contributed by atoms with van der Waals surface area (Å²) in [7, 11) is 0. The highest BCUT2D eigenvalue weighted by atomic mass is 16.5.